The minimum atomic E-state index is -0.294. The van der Waals surface area contributed by atoms with Gasteiger partial charge in [0, 0.05) is 53.0 Å². The third-order valence-corrected chi connectivity index (χ3v) is 5.58. The number of aromatic nitrogens is 5. The number of nitrogens with zero attached hydrogens (tertiary/aromatic N) is 4. The van der Waals surface area contributed by atoms with Gasteiger partial charge >= 0.3 is 0 Å². The van der Waals surface area contributed by atoms with Gasteiger partial charge < -0.3 is 10.3 Å². The highest BCUT2D eigenvalue weighted by atomic mass is 35.5. The second-order valence-electron chi connectivity index (χ2n) is 7.31. The number of halogens is 2. The molecular formula is C23H16Cl2N6O. The largest absolute Gasteiger partial charge is 0.347 e. The molecule has 1 amide bonds. The summed E-state index contributed by atoms with van der Waals surface area (Å²) in [5.74, 6) is -0.294. The van der Waals surface area contributed by atoms with Crippen LogP contribution in [0, 0.1) is 0 Å². The summed E-state index contributed by atoms with van der Waals surface area (Å²) in [4.78, 5) is 32.8. The molecule has 4 aromatic heterocycles. The first kappa shape index (κ1) is 20.4. The van der Waals surface area contributed by atoms with Crippen LogP contribution in [0.4, 0.5) is 0 Å². The van der Waals surface area contributed by atoms with Crippen LogP contribution in [0.15, 0.2) is 61.3 Å². The number of carbonyl (C=O) groups is 1. The molecule has 1 aromatic carbocycles. The van der Waals surface area contributed by atoms with Crippen LogP contribution in [0.5, 0.6) is 0 Å². The van der Waals surface area contributed by atoms with Crippen LogP contribution >= 0.6 is 23.2 Å². The van der Waals surface area contributed by atoms with Crippen molar-refractivity contribution in [2.75, 3.05) is 0 Å². The minimum Gasteiger partial charge on any atom is -0.347 e. The molecule has 0 aliphatic heterocycles. The highest BCUT2D eigenvalue weighted by Gasteiger charge is 2.11. The molecule has 2 N–H and O–H groups in total. The van der Waals surface area contributed by atoms with Gasteiger partial charge in [0.15, 0.2) is 0 Å². The maximum absolute atomic E-state index is 12.6. The Balaban J connectivity index is 1.29. The third-order valence-electron chi connectivity index (χ3n) is 5.03. The topological polar surface area (TPSA) is 96.5 Å². The average molecular weight is 463 g/mol. The molecule has 32 heavy (non-hydrogen) atoms. The number of benzene rings is 1. The third kappa shape index (κ3) is 4.26. The molecule has 9 heteroatoms. The molecule has 0 unspecified atom stereocenters. The number of hydrogen-bond donors (Lipinski definition) is 2. The van der Waals surface area contributed by atoms with Gasteiger partial charge in [0.05, 0.1) is 10.5 Å². The Morgan fingerprint density at radius 1 is 0.969 bits per heavy atom. The summed E-state index contributed by atoms with van der Waals surface area (Å²) in [6.07, 6.45) is 7.09. The van der Waals surface area contributed by atoms with Crippen molar-refractivity contribution in [3.63, 3.8) is 0 Å². The van der Waals surface area contributed by atoms with E-state index in [2.05, 4.69) is 30.2 Å². The van der Waals surface area contributed by atoms with Gasteiger partial charge in [-0.15, -0.1) is 0 Å². The van der Waals surface area contributed by atoms with Gasteiger partial charge in [-0.05, 0) is 47.5 Å². The molecule has 0 atom stereocenters. The van der Waals surface area contributed by atoms with Crippen LogP contribution < -0.4 is 5.32 Å². The van der Waals surface area contributed by atoms with Crippen molar-refractivity contribution < 1.29 is 4.79 Å². The molecule has 0 aliphatic rings. The monoisotopic (exact) mass is 462 g/mol. The zero-order valence-electron chi connectivity index (χ0n) is 16.6. The minimum absolute atomic E-state index is 0.292. The van der Waals surface area contributed by atoms with E-state index in [1.54, 1.807) is 24.7 Å². The summed E-state index contributed by atoms with van der Waals surface area (Å²) in [5.41, 5.74) is 4.39. The summed E-state index contributed by atoms with van der Waals surface area (Å²) < 4.78 is 0. The van der Waals surface area contributed by atoms with E-state index in [9.17, 15) is 4.79 Å². The van der Waals surface area contributed by atoms with E-state index in [-0.39, 0.29) is 5.91 Å². The van der Waals surface area contributed by atoms with Crippen LogP contribution in [-0.4, -0.2) is 30.8 Å². The van der Waals surface area contributed by atoms with Crippen LogP contribution in [-0.2, 0) is 13.0 Å². The first-order valence-electron chi connectivity index (χ1n) is 9.80. The van der Waals surface area contributed by atoms with Crippen molar-refractivity contribution in [3.8, 4) is 0 Å². The Labute approximate surface area is 192 Å². The highest BCUT2D eigenvalue weighted by molar-refractivity contribution is 6.35. The second-order valence-corrected chi connectivity index (χ2v) is 8.15. The first-order chi connectivity index (χ1) is 15.5. The van der Waals surface area contributed by atoms with Crippen molar-refractivity contribution in [3.05, 3.63) is 93.9 Å². The van der Waals surface area contributed by atoms with Crippen molar-refractivity contribution in [1.82, 2.24) is 30.2 Å². The molecule has 158 valence electrons. The highest BCUT2D eigenvalue weighted by Crippen LogP contribution is 2.22. The van der Waals surface area contributed by atoms with E-state index in [1.807, 2.05) is 30.3 Å². The number of rotatable bonds is 5. The first-order valence-corrected chi connectivity index (χ1v) is 10.6. The Kier molecular flexibility index (Phi) is 5.43. The van der Waals surface area contributed by atoms with E-state index in [0.717, 1.165) is 33.1 Å². The van der Waals surface area contributed by atoms with Gasteiger partial charge in [0.2, 0.25) is 0 Å². The van der Waals surface area contributed by atoms with Crippen LogP contribution in [0.3, 0.4) is 0 Å². The maximum Gasteiger partial charge on any atom is 0.270 e. The SMILES string of the molecule is O=C(NCc1cnc2[nH]cc(Cl)c2c1)c1cc(Cc2cnc3ccc(Cl)cc3c2)ncn1. The molecule has 5 aromatic rings. The number of fused-ring (bicyclic) bond motifs is 2. The smallest absolute Gasteiger partial charge is 0.270 e. The lowest BCUT2D eigenvalue weighted by molar-refractivity contribution is 0.0945. The lowest BCUT2D eigenvalue weighted by Crippen LogP contribution is -2.24. The molecular weight excluding hydrogens is 447 g/mol. The number of carbonyl (C=O) groups excluding carboxylic acids is 1. The fraction of sp³-hybridized carbons (Fsp3) is 0.0870. The lowest BCUT2D eigenvalue weighted by atomic mass is 10.1. The number of aromatic amines is 1. The van der Waals surface area contributed by atoms with E-state index in [0.29, 0.717) is 34.4 Å². The van der Waals surface area contributed by atoms with Gasteiger partial charge in [-0.25, -0.2) is 15.0 Å². The number of nitrogens with one attached hydrogen (secondary N) is 2. The van der Waals surface area contributed by atoms with Crippen molar-refractivity contribution in [2.45, 2.75) is 13.0 Å². The zero-order chi connectivity index (χ0) is 22.1. The van der Waals surface area contributed by atoms with Gasteiger partial charge in [0.25, 0.3) is 5.91 Å². The van der Waals surface area contributed by atoms with E-state index >= 15 is 0 Å². The van der Waals surface area contributed by atoms with E-state index < -0.39 is 0 Å². The Hall–Kier alpha value is -3.55. The second kappa shape index (κ2) is 8.53. The van der Waals surface area contributed by atoms with Crippen LogP contribution in [0.1, 0.15) is 27.3 Å². The van der Waals surface area contributed by atoms with E-state index in [1.165, 1.54) is 6.33 Å². The lowest BCUT2D eigenvalue weighted by Gasteiger charge is -2.07. The van der Waals surface area contributed by atoms with Crippen molar-refractivity contribution in [2.24, 2.45) is 0 Å². The number of H-pyrrole nitrogens is 1. The predicted molar refractivity (Wildman–Crippen MR) is 124 cm³/mol. The predicted octanol–water partition coefficient (Wildman–Crippen LogP) is 4.73. The fourth-order valence-electron chi connectivity index (χ4n) is 3.46. The Morgan fingerprint density at radius 2 is 1.84 bits per heavy atom. The molecule has 0 fully saturated rings. The average Bonchev–Trinajstić information content (AvgIpc) is 3.17. The summed E-state index contributed by atoms with van der Waals surface area (Å²) >= 11 is 12.2. The van der Waals surface area contributed by atoms with Crippen LogP contribution in [0.25, 0.3) is 21.9 Å². The number of pyridine rings is 2. The molecule has 0 saturated heterocycles. The normalized spacial score (nSPS) is 11.2. The maximum atomic E-state index is 12.6. The molecule has 0 bridgehead atoms. The van der Waals surface area contributed by atoms with E-state index in [4.69, 9.17) is 23.2 Å². The molecule has 0 saturated carbocycles. The summed E-state index contributed by atoms with van der Waals surface area (Å²) in [6.45, 7) is 0.304. The van der Waals surface area contributed by atoms with Gasteiger partial charge in [-0.2, -0.15) is 0 Å². The van der Waals surface area contributed by atoms with Crippen molar-refractivity contribution in [1.29, 1.82) is 0 Å². The quantitative estimate of drug-likeness (QED) is 0.393. The Bertz CT molecular complexity index is 1470. The molecule has 4 heterocycles. The molecule has 0 aliphatic carbocycles. The molecule has 0 spiro atoms. The summed E-state index contributed by atoms with van der Waals surface area (Å²) in [6, 6.07) is 11.2. The number of hydrogen-bond acceptors (Lipinski definition) is 5. The van der Waals surface area contributed by atoms with Crippen molar-refractivity contribution >= 4 is 51.0 Å². The molecule has 0 radical (unpaired) electrons. The Morgan fingerprint density at radius 3 is 2.75 bits per heavy atom. The molecule has 5 rings (SSSR count). The molecule has 7 nitrogen and oxygen atoms in total. The standard InChI is InChI=1S/C23H16Cl2N6O/c24-16-1-2-20-15(6-16)3-13(8-26-20)4-17-7-21(31-12-30-17)23(32)29-10-14-5-18-19(25)11-28-22(18)27-9-14/h1-3,5-9,11-12H,4,10H2,(H,27,28)(H,29,32). The number of amides is 1. The fourth-order valence-corrected chi connectivity index (χ4v) is 3.84. The van der Waals surface area contributed by atoms with Gasteiger partial charge in [-0.3, -0.25) is 9.78 Å². The summed E-state index contributed by atoms with van der Waals surface area (Å²) in [5, 5.41) is 5.88. The summed E-state index contributed by atoms with van der Waals surface area (Å²) in [7, 11) is 0. The van der Waals surface area contributed by atoms with Crippen LogP contribution in [0.2, 0.25) is 10.0 Å². The van der Waals surface area contributed by atoms with Gasteiger partial charge in [-0.1, -0.05) is 23.2 Å². The zero-order valence-corrected chi connectivity index (χ0v) is 18.2. The van der Waals surface area contributed by atoms with Gasteiger partial charge in [0.1, 0.15) is 17.7 Å².